The monoisotopic (exact) mass is 544 g/mol. The fraction of sp³-hybridized carbons (Fsp3) is 0.333. The first-order valence-corrected chi connectivity index (χ1v) is 12.1. The topological polar surface area (TPSA) is 114 Å². The molecule has 0 saturated carbocycles. The number of hydrogen-bond acceptors (Lipinski definition) is 9. The van der Waals surface area contributed by atoms with Crippen LogP contribution in [-0.2, 0) is 26.0 Å². The maximum atomic E-state index is 12.3. The molecule has 0 radical (unpaired) electrons. The average Bonchev–Trinajstić information content (AvgIpc) is 2.71. The fourth-order valence-electron chi connectivity index (χ4n) is 3.37. The molecule has 0 saturated heterocycles. The summed E-state index contributed by atoms with van der Waals surface area (Å²) in [5.41, 5.74) is -4.74. The molecule has 0 unspecified atom stereocenters. The van der Waals surface area contributed by atoms with Gasteiger partial charge in [0.05, 0.1) is 0 Å². The van der Waals surface area contributed by atoms with E-state index in [2.05, 4.69) is 10.8 Å². The first-order valence-electron chi connectivity index (χ1n) is 10.7. The largest absolute Gasteiger partial charge is 0.534 e. The van der Waals surface area contributed by atoms with Crippen molar-refractivity contribution in [2.45, 2.75) is 51.2 Å². The minimum absolute atomic E-state index is 0.133. The number of carbonyl (C=O) groups excluding carboxylic acids is 2. The second kappa shape index (κ2) is 9.61. The van der Waals surface area contributed by atoms with Crippen molar-refractivity contribution in [3.05, 3.63) is 65.7 Å². The van der Waals surface area contributed by atoms with Gasteiger partial charge in [-0.2, -0.15) is 21.6 Å². The van der Waals surface area contributed by atoms with Crippen LogP contribution in [0.2, 0.25) is 0 Å². The summed E-state index contributed by atoms with van der Waals surface area (Å²) in [5, 5.41) is 0. The van der Waals surface area contributed by atoms with Crippen LogP contribution >= 0.6 is 0 Å². The van der Waals surface area contributed by atoms with Gasteiger partial charge in [0, 0.05) is 27.7 Å². The molecule has 0 N–H and O–H groups in total. The number of alkyl halides is 3. The number of hydrogen-bond donors (Lipinski definition) is 0. The molecule has 200 valence electrons. The normalized spacial score (nSPS) is 17.3. The summed E-state index contributed by atoms with van der Waals surface area (Å²) in [4.78, 5) is 23.7. The lowest BCUT2D eigenvalue weighted by atomic mass is 10.0. The van der Waals surface area contributed by atoms with E-state index < -0.39 is 44.5 Å². The lowest BCUT2D eigenvalue weighted by Crippen LogP contribution is -2.39. The molecule has 2 aliphatic heterocycles. The predicted octanol–water partition coefficient (Wildman–Crippen LogP) is 4.90. The Morgan fingerprint density at radius 3 is 1.86 bits per heavy atom. The van der Waals surface area contributed by atoms with E-state index in [-0.39, 0.29) is 11.7 Å². The van der Waals surface area contributed by atoms with Gasteiger partial charge in [0.25, 0.3) is 0 Å². The van der Waals surface area contributed by atoms with Crippen LogP contribution in [0, 0.1) is 0 Å². The second-order valence-electron chi connectivity index (χ2n) is 8.68. The maximum Gasteiger partial charge on any atom is 0.534 e. The zero-order valence-corrected chi connectivity index (χ0v) is 21.0. The van der Waals surface area contributed by atoms with E-state index >= 15 is 0 Å². The molecule has 0 bridgehead atoms. The van der Waals surface area contributed by atoms with Gasteiger partial charge >= 0.3 is 27.6 Å². The molecule has 2 aromatic rings. The number of halogens is 3. The highest BCUT2D eigenvalue weighted by Crippen LogP contribution is 2.39. The molecular formula is C24H23F3O9S. The van der Waals surface area contributed by atoms with Gasteiger partial charge in [-0.15, -0.1) is 6.58 Å². The average molecular weight is 545 g/mol. The Hall–Kier alpha value is -3.74. The van der Waals surface area contributed by atoms with Crippen molar-refractivity contribution in [2.24, 2.45) is 0 Å². The highest BCUT2D eigenvalue weighted by molar-refractivity contribution is 7.88. The minimum atomic E-state index is -5.90. The summed E-state index contributed by atoms with van der Waals surface area (Å²) in [7, 11) is -5.90. The predicted molar refractivity (Wildman–Crippen MR) is 123 cm³/mol. The number of esters is 2. The van der Waals surface area contributed by atoms with Gasteiger partial charge in [0.15, 0.2) is 5.75 Å². The Bertz CT molecular complexity index is 1350. The van der Waals surface area contributed by atoms with Gasteiger partial charge in [0.2, 0.25) is 11.6 Å². The van der Waals surface area contributed by atoms with Crippen LogP contribution in [0.3, 0.4) is 0 Å². The Morgan fingerprint density at radius 1 is 0.865 bits per heavy atom. The first-order chi connectivity index (χ1) is 17.0. The molecule has 4 rings (SSSR count). The first kappa shape index (κ1) is 27.8. The summed E-state index contributed by atoms with van der Waals surface area (Å²) in [6.45, 7) is 9.92. The van der Waals surface area contributed by atoms with E-state index in [1.807, 2.05) is 12.1 Å². The highest BCUT2D eigenvalue weighted by atomic mass is 32.2. The van der Waals surface area contributed by atoms with Gasteiger partial charge in [-0.25, -0.2) is 9.59 Å². The van der Waals surface area contributed by atoms with Crippen LogP contribution in [0.1, 0.15) is 54.0 Å². The Balaban J connectivity index is 0.000000213. The van der Waals surface area contributed by atoms with Crippen molar-refractivity contribution in [1.82, 2.24) is 0 Å². The third kappa shape index (κ3) is 6.16. The van der Waals surface area contributed by atoms with E-state index in [4.69, 9.17) is 18.9 Å². The standard InChI is InChI=1S/C13H14O3.C11H9F3O6S/c1-4-6-9-7-5-8-10-11(9)12(14)16-13(2,3)15-10;1-10(2)18-6-4-3-5-7(8(6)9(15)19-10)20-21(16,17)11(12,13)14/h4-5,7-8H,1,6H2,2-3H3;3-5H,1-2H3. The number of fused-ring (bicyclic) bond motifs is 2. The molecular weight excluding hydrogens is 521 g/mol. The van der Waals surface area contributed by atoms with Crippen LogP contribution in [0.15, 0.2) is 49.1 Å². The maximum absolute atomic E-state index is 12.3. The number of allylic oxidation sites excluding steroid dienone is 1. The van der Waals surface area contributed by atoms with Gasteiger partial charge in [0.1, 0.15) is 22.6 Å². The Labute approximate surface area is 210 Å². The van der Waals surface area contributed by atoms with Crippen LogP contribution in [0.4, 0.5) is 13.2 Å². The third-order valence-electron chi connectivity index (χ3n) is 4.74. The SMILES string of the molecule is C=CCc1cccc2c1C(=O)OC(C)(C)O2.CC1(C)OC(=O)c2c(cccc2OS(=O)(=O)C(F)(F)F)O1. The molecule has 0 amide bonds. The zero-order valence-electron chi connectivity index (χ0n) is 20.2. The number of ether oxygens (including phenoxy) is 4. The van der Waals surface area contributed by atoms with E-state index in [9.17, 15) is 31.2 Å². The zero-order chi connectivity index (χ0) is 27.8. The van der Waals surface area contributed by atoms with Crippen LogP contribution in [0.5, 0.6) is 17.2 Å². The van der Waals surface area contributed by atoms with Crippen LogP contribution in [-0.4, -0.2) is 37.4 Å². The van der Waals surface area contributed by atoms with E-state index in [0.29, 0.717) is 17.7 Å². The van der Waals surface area contributed by atoms with E-state index in [1.54, 1.807) is 26.0 Å². The number of carbonyl (C=O) groups is 2. The van der Waals surface area contributed by atoms with Gasteiger partial charge in [-0.3, -0.25) is 0 Å². The molecule has 2 aromatic carbocycles. The fourth-order valence-corrected chi connectivity index (χ4v) is 3.84. The molecule has 9 nitrogen and oxygen atoms in total. The van der Waals surface area contributed by atoms with Crippen LogP contribution in [0.25, 0.3) is 0 Å². The van der Waals surface area contributed by atoms with E-state index in [0.717, 1.165) is 11.6 Å². The molecule has 2 heterocycles. The summed E-state index contributed by atoms with van der Waals surface area (Å²) in [6, 6.07) is 8.89. The lowest BCUT2D eigenvalue weighted by Gasteiger charge is -2.32. The molecule has 37 heavy (non-hydrogen) atoms. The number of benzene rings is 2. The molecule has 2 aliphatic rings. The van der Waals surface area contributed by atoms with Gasteiger partial charge in [-0.1, -0.05) is 24.3 Å². The van der Waals surface area contributed by atoms with Crippen molar-refractivity contribution < 1.29 is 54.3 Å². The lowest BCUT2D eigenvalue weighted by molar-refractivity contribution is -0.128. The summed E-state index contributed by atoms with van der Waals surface area (Å²) in [6.07, 6.45) is 2.38. The van der Waals surface area contributed by atoms with Crippen molar-refractivity contribution >= 4 is 22.1 Å². The quantitative estimate of drug-likeness (QED) is 0.229. The smallest absolute Gasteiger partial charge is 0.452 e. The molecule has 0 fully saturated rings. The van der Waals surface area contributed by atoms with Crippen molar-refractivity contribution in [3.8, 4) is 17.2 Å². The second-order valence-corrected chi connectivity index (χ2v) is 10.2. The Morgan fingerprint density at radius 2 is 1.35 bits per heavy atom. The summed E-state index contributed by atoms with van der Waals surface area (Å²) >= 11 is 0. The molecule has 0 spiro atoms. The summed E-state index contributed by atoms with van der Waals surface area (Å²) < 4.78 is 83.8. The molecule has 0 atom stereocenters. The van der Waals surface area contributed by atoms with Gasteiger partial charge in [-0.05, 0) is 30.2 Å². The third-order valence-corrected chi connectivity index (χ3v) is 5.71. The minimum Gasteiger partial charge on any atom is -0.452 e. The molecule has 0 aromatic heterocycles. The molecule has 13 heteroatoms. The van der Waals surface area contributed by atoms with Crippen LogP contribution < -0.4 is 13.7 Å². The van der Waals surface area contributed by atoms with E-state index in [1.165, 1.54) is 26.0 Å². The summed E-state index contributed by atoms with van der Waals surface area (Å²) in [5.74, 6) is -3.96. The number of rotatable bonds is 4. The Kier molecular flexibility index (Phi) is 7.23. The van der Waals surface area contributed by atoms with Crippen molar-refractivity contribution in [2.75, 3.05) is 0 Å². The van der Waals surface area contributed by atoms with Crippen molar-refractivity contribution in [3.63, 3.8) is 0 Å². The van der Waals surface area contributed by atoms with Crippen molar-refractivity contribution in [1.29, 1.82) is 0 Å². The van der Waals surface area contributed by atoms with Gasteiger partial charge < -0.3 is 23.1 Å². The molecule has 0 aliphatic carbocycles. The highest BCUT2D eigenvalue weighted by Gasteiger charge is 2.49. The number of cyclic esters (lactones) is 2.